The number of anilines is 1. The Morgan fingerprint density at radius 3 is 2.79 bits per heavy atom. The number of fused-ring (bicyclic) bond motifs is 5. The van der Waals surface area contributed by atoms with Gasteiger partial charge in [-0.2, -0.15) is 21.7 Å². The molecule has 43 heavy (non-hydrogen) atoms. The number of ether oxygens (including phenoxy) is 1. The summed E-state index contributed by atoms with van der Waals surface area (Å²) in [5, 5.41) is 13.9. The van der Waals surface area contributed by atoms with Crippen LogP contribution in [0.4, 0.5) is 14.6 Å². The summed E-state index contributed by atoms with van der Waals surface area (Å²) in [7, 11) is 0. The molecule has 0 unspecified atom stereocenters. The van der Waals surface area contributed by atoms with Gasteiger partial charge in [0.2, 0.25) is 0 Å². The van der Waals surface area contributed by atoms with Crippen LogP contribution in [0.2, 0.25) is 0 Å². The third-order valence-corrected chi connectivity index (χ3v) is 11.4. The van der Waals surface area contributed by atoms with E-state index in [2.05, 4.69) is 26.7 Å². The molecule has 2 aromatic carbocycles. The van der Waals surface area contributed by atoms with Crippen molar-refractivity contribution in [3.63, 3.8) is 0 Å². The Bertz CT molecular complexity index is 1730. The zero-order valence-electron chi connectivity index (χ0n) is 24.2. The lowest BCUT2D eigenvalue weighted by Gasteiger charge is -2.33. The average Bonchev–Trinajstić information content (AvgIpc) is 3.65. The minimum atomic E-state index is -0.866. The Labute approximate surface area is 253 Å². The second-order valence-electron chi connectivity index (χ2n) is 12.6. The maximum absolute atomic E-state index is 16.8. The maximum atomic E-state index is 16.8. The SMILES string of the molecule is CCc1cccc2cc(O)cc(-c3ncc4c(N5C[C@H]6CC[C@@H](C5)S6)nc(OC[C@@]56CCCN5C[C@H](F)C6)nc4c3F)c12. The van der Waals surface area contributed by atoms with Crippen LogP contribution in [0.5, 0.6) is 11.8 Å². The quantitative estimate of drug-likeness (QED) is 0.276. The van der Waals surface area contributed by atoms with Crippen molar-refractivity contribution in [3.8, 4) is 23.0 Å². The number of aryl methyl sites for hydroxylation is 1. The van der Waals surface area contributed by atoms with Gasteiger partial charge in [0.05, 0.1) is 10.9 Å². The third kappa shape index (κ3) is 4.60. The molecule has 4 aromatic rings. The van der Waals surface area contributed by atoms with Crippen molar-refractivity contribution < 1.29 is 18.6 Å². The largest absolute Gasteiger partial charge is 0.508 e. The molecule has 2 bridgehead atoms. The van der Waals surface area contributed by atoms with E-state index in [9.17, 15) is 9.50 Å². The number of benzene rings is 2. The fourth-order valence-corrected chi connectivity index (χ4v) is 9.54. The van der Waals surface area contributed by atoms with Crippen LogP contribution in [0.25, 0.3) is 32.9 Å². The lowest BCUT2D eigenvalue weighted by molar-refractivity contribution is 0.107. The van der Waals surface area contributed by atoms with Crippen LogP contribution >= 0.6 is 11.8 Å². The number of alkyl halides is 1. The molecule has 224 valence electrons. The molecule has 4 saturated heterocycles. The zero-order valence-corrected chi connectivity index (χ0v) is 25.0. The Balaban J connectivity index is 1.26. The molecule has 6 heterocycles. The van der Waals surface area contributed by atoms with Crippen LogP contribution in [0, 0.1) is 5.82 Å². The van der Waals surface area contributed by atoms with Gasteiger partial charge in [0.25, 0.3) is 0 Å². The number of halogens is 2. The standard InChI is InChI=1S/C33H35F2N5O2S/c1-2-19-5-3-6-20-11-22(41)12-25(27(19)20)29-28(35)30-26(14-36-29)31(39-16-23-7-8-24(17-39)43-23)38-32(37-30)42-18-33-9-4-10-40(33)15-21(34)13-33/h3,5-6,11-12,14,21,23-24,41H,2,4,7-10,13,15-18H2,1H3/t21-,23-,24+,33+/m1/s1. The zero-order chi connectivity index (χ0) is 29.3. The van der Waals surface area contributed by atoms with Gasteiger partial charge in [0.15, 0.2) is 5.82 Å². The molecule has 7 nitrogen and oxygen atoms in total. The van der Waals surface area contributed by atoms with Gasteiger partial charge >= 0.3 is 6.01 Å². The molecule has 8 rings (SSSR count). The van der Waals surface area contributed by atoms with E-state index in [4.69, 9.17) is 9.72 Å². The Morgan fingerprint density at radius 1 is 1.14 bits per heavy atom. The van der Waals surface area contributed by atoms with E-state index in [1.165, 1.54) is 12.8 Å². The van der Waals surface area contributed by atoms with Gasteiger partial charge < -0.3 is 14.7 Å². The number of thioether (sulfide) groups is 1. The van der Waals surface area contributed by atoms with Gasteiger partial charge in [-0.05, 0) is 67.1 Å². The monoisotopic (exact) mass is 603 g/mol. The molecule has 4 fully saturated rings. The first kappa shape index (κ1) is 27.3. The summed E-state index contributed by atoms with van der Waals surface area (Å²) in [6.07, 6.45) is 6.21. The minimum absolute atomic E-state index is 0.0499. The van der Waals surface area contributed by atoms with Crippen molar-refractivity contribution in [3.05, 3.63) is 47.9 Å². The number of hydrogen-bond acceptors (Lipinski definition) is 8. The molecule has 0 spiro atoms. The first-order valence-corrected chi connectivity index (χ1v) is 16.4. The van der Waals surface area contributed by atoms with E-state index < -0.39 is 12.0 Å². The molecule has 0 saturated carbocycles. The van der Waals surface area contributed by atoms with Crippen LogP contribution in [-0.2, 0) is 6.42 Å². The molecule has 10 heteroatoms. The van der Waals surface area contributed by atoms with Crippen LogP contribution in [0.3, 0.4) is 0 Å². The van der Waals surface area contributed by atoms with E-state index in [-0.39, 0.29) is 35.1 Å². The molecule has 0 radical (unpaired) electrons. The van der Waals surface area contributed by atoms with Crippen LogP contribution < -0.4 is 9.64 Å². The van der Waals surface area contributed by atoms with Crippen LogP contribution in [0.1, 0.15) is 44.6 Å². The smallest absolute Gasteiger partial charge is 0.319 e. The van der Waals surface area contributed by atoms with Crippen molar-refractivity contribution in [1.82, 2.24) is 19.9 Å². The second-order valence-corrected chi connectivity index (χ2v) is 14.2. The fourth-order valence-electron chi connectivity index (χ4n) is 7.92. The number of hydrogen-bond donors (Lipinski definition) is 1. The van der Waals surface area contributed by atoms with Crippen molar-refractivity contribution >= 4 is 39.3 Å². The summed E-state index contributed by atoms with van der Waals surface area (Å²) in [5.41, 5.74) is 1.50. The number of aromatic nitrogens is 3. The van der Waals surface area contributed by atoms with Gasteiger partial charge in [0.1, 0.15) is 35.6 Å². The van der Waals surface area contributed by atoms with Crippen molar-refractivity contribution in [1.29, 1.82) is 0 Å². The highest BCUT2D eigenvalue weighted by Gasteiger charge is 2.49. The molecule has 2 aromatic heterocycles. The molecular weight excluding hydrogens is 568 g/mol. The average molecular weight is 604 g/mol. The van der Waals surface area contributed by atoms with Gasteiger partial charge in [-0.3, -0.25) is 9.88 Å². The molecule has 4 aliphatic rings. The summed E-state index contributed by atoms with van der Waals surface area (Å²) in [5.74, 6) is 0.123. The minimum Gasteiger partial charge on any atom is -0.508 e. The molecule has 1 N–H and O–H groups in total. The first-order valence-electron chi connectivity index (χ1n) is 15.4. The molecular formula is C33H35F2N5O2S. The van der Waals surface area contributed by atoms with E-state index in [1.54, 1.807) is 18.3 Å². The third-order valence-electron chi connectivity index (χ3n) is 9.90. The Morgan fingerprint density at radius 2 is 1.98 bits per heavy atom. The summed E-state index contributed by atoms with van der Waals surface area (Å²) >= 11 is 2.04. The summed E-state index contributed by atoms with van der Waals surface area (Å²) < 4.78 is 37.5. The highest BCUT2D eigenvalue weighted by atomic mass is 32.2. The Kier molecular flexibility index (Phi) is 6.63. The van der Waals surface area contributed by atoms with E-state index in [1.807, 2.05) is 30.0 Å². The second kappa shape index (κ2) is 10.4. The molecule has 4 aliphatic heterocycles. The molecule has 0 aliphatic carbocycles. The summed E-state index contributed by atoms with van der Waals surface area (Å²) in [6, 6.07) is 9.28. The van der Waals surface area contributed by atoms with Crippen LogP contribution in [0.15, 0.2) is 36.5 Å². The number of nitrogens with zero attached hydrogens (tertiary/aromatic N) is 5. The first-order chi connectivity index (χ1) is 20.9. The van der Waals surface area contributed by atoms with E-state index >= 15 is 4.39 Å². The molecule has 4 atom stereocenters. The normalized spacial score (nSPS) is 27.0. The lowest BCUT2D eigenvalue weighted by atomic mass is 9.95. The highest BCUT2D eigenvalue weighted by Crippen LogP contribution is 2.44. The highest BCUT2D eigenvalue weighted by molar-refractivity contribution is 8.00. The summed E-state index contributed by atoms with van der Waals surface area (Å²) in [4.78, 5) is 18.6. The number of rotatable bonds is 6. The Hall–Kier alpha value is -3.24. The lowest BCUT2D eigenvalue weighted by Crippen LogP contribution is -2.43. The maximum Gasteiger partial charge on any atom is 0.319 e. The molecule has 0 amide bonds. The van der Waals surface area contributed by atoms with Gasteiger partial charge in [-0.15, -0.1) is 0 Å². The van der Waals surface area contributed by atoms with E-state index in [0.717, 1.165) is 55.2 Å². The summed E-state index contributed by atoms with van der Waals surface area (Å²) in [6.45, 7) is 5.29. The van der Waals surface area contributed by atoms with Crippen molar-refractivity contribution in [2.75, 3.05) is 37.7 Å². The number of phenolic OH excluding ortho intramolecular Hbond substituents is 1. The predicted molar refractivity (Wildman–Crippen MR) is 166 cm³/mol. The number of phenols is 1. The topological polar surface area (TPSA) is 74.6 Å². The predicted octanol–water partition coefficient (Wildman–Crippen LogP) is 6.29. The fraction of sp³-hybridized carbons (Fsp3) is 0.485. The van der Waals surface area contributed by atoms with Gasteiger partial charge in [-0.1, -0.05) is 25.1 Å². The van der Waals surface area contributed by atoms with Crippen molar-refractivity contribution in [2.24, 2.45) is 0 Å². The van der Waals surface area contributed by atoms with Crippen LogP contribution in [-0.4, -0.2) is 80.0 Å². The van der Waals surface area contributed by atoms with Crippen molar-refractivity contribution in [2.45, 2.75) is 67.7 Å². The number of pyridine rings is 1. The van der Waals surface area contributed by atoms with Gasteiger partial charge in [0, 0.05) is 48.3 Å². The van der Waals surface area contributed by atoms with Gasteiger partial charge in [-0.25, -0.2) is 8.78 Å². The van der Waals surface area contributed by atoms with E-state index in [0.29, 0.717) is 40.2 Å². The number of aromatic hydroxyl groups is 1.